The highest BCUT2D eigenvalue weighted by atomic mass is 15.1. The third-order valence-corrected chi connectivity index (χ3v) is 5.55. The van der Waals surface area contributed by atoms with Crippen molar-refractivity contribution >= 4 is 21.8 Å². The van der Waals surface area contributed by atoms with Gasteiger partial charge in [-0.3, -0.25) is 4.90 Å². The fraction of sp³-hybridized carbons (Fsp3) is 0.381. The highest BCUT2D eigenvalue weighted by Gasteiger charge is 2.29. The van der Waals surface area contributed by atoms with E-state index in [1.807, 2.05) is 0 Å². The van der Waals surface area contributed by atoms with E-state index >= 15 is 0 Å². The number of likely N-dealkylation sites (tertiary alicyclic amines) is 1. The van der Waals surface area contributed by atoms with Gasteiger partial charge in [-0.15, -0.1) is 0 Å². The van der Waals surface area contributed by atoms with Gasteiger partial charge in [0.15, 0.2) is 0 Å². The molecule has 3 aromatic rings. The summed E-state index contributed by atoms with van der Waals surface area (Å²) in [4.78, 5) is 6.05. The molecule has 4 rings (SSSR count). The van der Waals surface area contributed by atoms with Crippen molar-refractivity contribution in [1.29, 1.82) is 5.26 Å². The number of H-pyrrole nitrogens is 1. The molecule has 2 aromatic carbocycles. The summed E-state index contributed by atoms with van der Waals surface area (Å²) >= 11 is 0. The highest BCUT2D eigenvalue weighted by Crippen LogP contribution is 2.34. The SMILES string of the molecule is CC1(CC#N)CCN(Cc2ccc3c(c2)[nH]c2ccccc23)CC1. The minimum absolute atomic E-state index is 0.215. The van der Waals surface area contributed by atoms with Gasteiger partial charge in [0.05, 0.1) is 6.07 Å². The molecule has 0 bridgehead atoms. The lowest BCUT2D eigenvalue weighted by atomic mass is 9.78. The van der Waals surface area contributed by atoms with Crippen LogP contribution >= 0.6 is 0 Å². The molecule has 24 heavy (non-hydrogen) atoms. The fourth-order valence-electron chi connectivity index (χ4n) is 3.88. The molecule has 0 radical (unpaired) electrons. The van der Waals surface area contributed by atoms with Gasteiger partial charge in [0.2, 0.25) is 0 Å². The zero-order valence-corrected chi connectivity index (χ0v) is 14.2. The van der Waals surface area contributed by atoms with Crippen LogP contribution in [-0.2, 0) is 6.54 Å². The lowest BCUT2D eigenvalue weighted by Crippen LogP contribution is -2.38. The number of rotatable bonds is 3. The van der Waals surface area contributed by atoms with Crippen molar-refractivity contribution in [3.05, 3.63) is 48.0 Å². The molecule has 2 heterocycles. The summed E-state index contributed by atoms with van der Waals surface area (Å²) in [6.07, 6.45) is 2.92. The van der Waals surface area contributed by atoms with E-state index in [1.165, 1.54) is 27.4 Å². The van der Waals surface area contributed by atoms with Gasteiger partial charge < -0.3 is 4.98 Å². The van der Waals surface area contributed by atoms with Crippen LogP contribution in [0.4, 0.5) is 0 Å². The van der Waals surface area contributed by atoms with E-state index in [-0.39, 0.29) is 5.41 Å². The molecule has 1 fully saturated rings. The predicted octanol–water partition coefficient (Wildman–Crippen LogP) is 4.84. The lowest BCUT2D eigenvalue weighted by molar-refractivity contribution is 0.116. The summed E-state index contributed by atoms with van der Waals surface area (Å²) in [5.41, 5.74) is 4.00. The normalized spacial score (nSPS) is 18.0. The Hall–Kier alpha value is -2.31. The molecule has 3 nitrogen and oxygen atoms in total. The Labute approximate surface area is 142 Å². The van der Waals surface area contributed by atoms with Crippen molar-refractivity contribution in [3.63, 3.8) is 0 Å². The van der Waals surface area contributed by atoms with E-state index < -0.39 is 0 Å². The third-order valence-electron chi connectivity index (χ3n) is 5.55. The Morgan fingerprint density at radius 1 is 1.08 bits per heavy atom. The van der Waals surface area contributed by atoms with Crippen LogP contribution in [0.25, 0.3) is 21.8 Å². The molecule has 1 aliphatic rings. The Kier molecular flexibility index (Phi) is 3.78. The Morgan fingerprint density at radius 3 is 2.62 bits per heavy atom. The van der Waals surface area contributed by atoms with Crippen LogP contribution in [0.1, 0.15) is 31.7 Å². The maximum Gasteiger partial charge on any atom is 0.0627 e. The van der Waals surface area contributed by atoms with Gasteiger partial charge in [-0.2, -0.15) is 5.26 Å². The zero-order valence-electron chi connectivity index (χ0n) is 14.2. The first-order valence-corrected chi connectivity index (χ1v) is 8.76. The topological polar surface area (TPSA) is 42.8 Å². The van der Waals surface area contributed by atoms with Crippen molar-refractivity contribution < 1.29 is 0 Å². The number of benzene rings is 2. The first-order valence-electron chi connectivity index (χ1n) is 8.76. The number of hydrogen-bond acceptors (Lipinski definition) is 2. The first kappa shape index (κ1) is 15.2. The fourth-order valence-corrected chi connectivity index (χ4v) is 3.88. The molecule has 0 atom stereocenters. The summed E-state index contributed by atoms with van der Waals surface area (Å²) in [5.74, 6) is 0. The van der Waals surface area contributed by atoms with Crippen molar-refractivity contribution in [2.24, 2.45) is 5.41 Å². The van der Waals surface area contributed by atoms with E-state index in [4.69, 9.17) is 5.26 Å². The van der Waals surface area contributed by atoms with Crippen LogP contribution in [0.2, 0.25) is 0 Å². The molecule has 0 amide bonds. The van der Waals surface area contributed by atoms with Gasteiger partial charge in [0.1, 0.15) is 0 Å². The number of nitrogens with zero attached hydrogens (tertiary/aromatic N) is 2. The maximum atomic E-state index is 8.98. The Bertz CT molecular complexity index is 908. The highest BCUT2D eigenvalue weighted by molar-refractivity contribution is 6.07. The van der Waals surface area contributed by atoms with E-state index in [2.05, 4.69) is 65.3 Å². The molecule has 0 unspecified atom stereocenters. The molecule has 122 valence electrons. The molecule has 0 saturated carbocycles. The van der Waals surface area contributed by atoms with Gasteiger partial charge in [-0.1, -0.05) is 37.3 Å². The number of para-hydroxylation sites is 1. The van der Waals surface area contributed by atoms with Crippen LogP contribution < -0.4 is 0 Å². The number of aromatic nitrogens is 1. The van der Waals surface area contributed by atoms with Gasteiger partial charge >= 0.3 is 0 Å². The van der Waals surface area contributed by atoms with Gasteiger partial charge in [0.25, 0.3) is 0 Å². The first-order chi connectivity index (χ1) is 11.7. The second-order valence-electron chi connectivity index (χ2n) is 7.47. The molecule has 1 aromatic heterocycles. The van der Waals surface area contributed by atoms with Gasteiger partial charge in [-0.25, -0.2) is 0 Å². The number of piperidine rings is 1. The molecule has 0 aliphatic carbocycles. The largest absolute Gasteiger partial charge is 0.355 e. The van der Waals surface area contributed by atoms with Gasteiger partial charge in [-0.05, 0) is 49.0 Å². The van der Waals surface area contributed by atoms with Crippen LogP contribution in [0.5, 0.6) is 0 Å². The van der Waals surface area contributed by atoms with Crippen molar-refractivity contribution in [3.8, 4) is 6.07 Å². The standard InChI is InChI=1S/C21H23N3/c1-21(8-11-22)9-12-24(13-10-21)15-16-6-7-18-17-4-2-3-5-19(17)23-20(18)14-16/h2-7,14,23H,8-10,12-13,15H2,1H3. The molecule has 1 aliphatic heterocycles. The van der Waals surface area contributed by atoms with E-state index in [0.29, 0.717) is 6.42 Å². The summed E-state index contributed by atoms with van der Waals surface area (Å²) < 4.78 is 0. The second kappa shape index (κ2) is 5.96. The summed E-state index contributed by atoms with van der Waals surface area (Å²) in [5, 5.41) is 11.6. The zero-order chi connectivity index (χ0) is 16.6. The van der Waals surface area contributed by atoms with Gasteiger partial charge in [0, 0.05) is 34.8 Å². The van der Waals surface area contributed by atoms with E-state index in [9.17, 15) is 0 Å². The van der Waals surface area contributed by atoms with Crippen molar-refractivity contribution in [2.45, 2.75) is 32.7 Å². The average Bonchev–Trinajstić information content (AvgIpc) is 2.95. The third kappa shape index (κ3) is 2.79. The Balaban J connectivity index is 1.51. The smallest absolute Gasteiger partial charge is 0.0627 e. The predicted molar refractivity (Wildman–Crippen MR) is 98.7 cm³/mol. The molecule has 0 spiro atoms. The van der Waals surface area contributed by atoms with Crippen LogP contribution in [0, 0.1) is 16.7 Å². The van der Waals surface area contributed by atoms with E-state index in [0.717, 1.165) is 32.5 Å². The summed E-state index contributed by atoms with van der Waals surface area (Å²) in [6.45, 7) is 5.42. The van der Waals surface area contributed by atoms with E-state index in [1.54, 1.807) is 0 Å². The molecular formula is C21H23N3. The lowest BCUT2D eigenvalue weighted by Gasteiger charge is -2.38. The Morgan fingerprint density at radius 2 is 1.83 bits per heavy atom. The quantitative estimate of drug-likeness (QED) is 0.751. The molecule has 1 saturated heterocycles. The number of nitriles is 1. The van der Waals surface area contributed by atoms with Crippen molar-refractivity contribution in [2.75, 3.05) is 13.1 Å². The number of nitrogens with one attached hydrogen (secondary N) is 1. The van der Waals surface area contributed by atoms with Crippen LogP contribution in [-0.4, -0.2) is 23.0 Å². The van der Waals surface area contributed by atoms with Crippen molar-refractivity contribution in [1.82, 2.24) is 9.88 Å². The monoisotopic (exact) mass is 317 g/mol. The molecular weight excluding hydrogens is 294 g/mol. The number of fused-ring (bicyclic) bond motifs is 3. The maximum absolute atomic E-state index is 8.98. The minimum atomic E-state index is 0.215. The molecule has 3 heteroatoms. The molecule has 1 N–H and O–H groups in total. The number of aromatic amines is 1. The summed E-state index contributed by atoms with van der Waals surface area (Å²) in [6, 6.07) is 17.6. The minimum Gasteiger partial charge on any atom is -0.355 e. The van der Waals surface area contributed by atoms with Crippen LogP contribution in [0.3, 0.4) is 0 Å². The average molecular weight is 317 g/mol. The number of hydrogen-bond donors (Lipinski definition) is 1. The second-order valence-corrected chi connectivity index (χ2v) is 7.47. The van der Waals surface area contributed by atoms with Crippen LogP contribution in [0.15, 0.2) is 42.5 Å². The summed E-state index contributed by atoms with van der Waals surface area (Å²) in [7, 11) is 0.